The summed E-state index contributed by atoms with van der Waals surface area (Å²) in [4.78, 5) is 0. The summed E-state index contributed by atoms with van der Waals surface area (Å²) in [6.07, 6.45) is 10.6. The minimum atomic E-state index is -0.277. The van der Waals surface area contributed by atoms with E-state index in [-0.39, 0.29) is 24.0 Å². The maximum absolute atomic E-state index is 10.5. The number of hydrogen-bond donors (Lipinski definition) is 2. The Bertz CT molecular complexity index is 512. The third-order valence-electron chi connectivity index (χ3n) is 9.17. The van der Waals surface area contributed by atoms with Gasteiger partial charge in [0.05, 0.1) is 12.7 Å². The molecule has 2 N–H and O–H groups in total. The predicted octanol–water partition coefficient (Wildman–Crippen LogP) is 4.16. The van der Waals surface area contributed by atoms with Crippen LogP contribution in [-0.4, -0.2) is 22.9 Å². The number of fused-ring (bicyclic) bond motifs is 5. The molecule has 0 aliphatic heterocycles. The second-order valence-electron chi connectivity index (χ2n) is 9.46. The van der Waals surface area contributed by atoms with Crippen molar-refractivity contribution in [2.24, 2.45) is 40.4 Å². The zero-order chi connectivity index (χ0) is 16.4. The maximum Gasteiger partial charge on any atom is 0.0609 e. The summed E-state index contributed by atoms with van der Waals surface area (Å²) in [5.74, 6) is 3.23. The summed E-state index contributed by atoms with van der Waals surface area (Å²) in [5.41, 5.74) is 1.87. The van der Waals surface area contributed by atoms with Crippen molar-refractivity contribution in [3.05, 3.63) is 11.6 Å². The molecule has 0 radical (unpaired) electrons. The lowest BCUT2D eigenvalue weighted by molar-refractivity contribution is -0.114. The minimum Gasteiger partial charge on any atom is -0.395 e. The van der Waals surface area contributed by atoms with Gasteiger partial charge in [0.15, 0.2) is 0 Å². The molecule has 130 valence electrons. The van der Waals surface area contributed by atoms with Crippen molar-refractivity contribution in [3.63, 3.8) is 0 Å². The number of hydrogen-bond acceptors (Lipinski definition) is 2. The molecule has 2 heteroatoms. The van der Waals surface area contributed by atoms with Gasteiger partial charge in [0.1, 0.15) is 0 Å². The van der Waals surface area contributed by atoms with E-state index in [1.807, 2.05) is 0 Å². The van der Waals surface area contributed by atoms with Crippen molar-refractivity contribution in [3.8, 4) is 0 Å². The monoisotopic (exact) mass is 318 g/mol. The van der Waals surface area contributed by atoms with Crippen LogP contribution in [0.4, 0.5) is 0 Å². The third kappa shape index (κ3) is 1.94. The zero-order valence-corrected chi connectivity index (χ0v) is 15.1. The van der Waals surface area contributed by atoms with Gasteiger partial charge in [-0.25, -0.2) is 0 Å². The average Bonchev–Trinajstić information content (AvgIpc) is 2.86. The SMILES string of the molecule is CC1CC[C@H]2[C@@H]3CCC4=CCC(O)C(C)[C@]4(CO)[C@@H]3CC[C@]12C. The second kappa shape index (κ2) is 5.33. The molecule has 3 saturated carbocycles. The Balaban J connectivity index is 1.74. The topological polar surface area (TPSA) is 40.5 Å². The van der Waals surface area contributed by atoms with Crippen LogP contribution >= 0.6 is 0 Å². The number of aliphatic hydroxyl groups excluding tert-OH is 2. The molecule has 0 amide bonds. The van der Waals surface area contributed by atoms with Crippen molar-refractivity contribution in [2.75, 3.05) is 6.61 Å². The Kier molecular flexibility index (Phi) is 3.74. The van der Waals surface area contributed by atoms with E-state index in [9.17, 15) is 10.2 Å². The average molecular weight is 319 g/mol. The van der Waals surface area contributed by atoms with Gasteiger partial charge in [-0.2, -0.15) is 0 Å². The van der Waals surface area contributed by atoms with E-state index in [4.69, 9.17) is 0 Å². The third-order valence-corrected chi connectivity index (χ3v) is 9.17. The minimum absolute atomic E-state index is 0.131. The first kappa shape index (κ1) is 16.1. The van der Waals surface area contributed by atoms with Gasteiger partial charge >= 0.3 is 0 Å². The molecule has 0 spiro atoms. The van der Waals surface area contributed by atoms with Gasteiger partial charge in [-0.1, -0.05) is 32.4 Å². The molecule has 23 heavy (non-hydrogen) atoms. The van der Waals surface area contributed by atoms with Gasteiger partial charge in [0, 0.05) is 5.41 Å². The van der Waals surface area contributed by atoms with Gasteiger partial charge in [-0.15, -0.1) is 0 Å². The second-order valence-corrected chi connectivity index (χ2v) is 9.46. The van der Waals surface area contributed by atoms with E-state index >= 15 is 0 Å². The van der Waals surface area contributed by atoms with Crippen LogP contribution in [0.25, 0.3) is 0 Å². The van der Waals surface area contributed by atoms with Gasteiger partial charge in [-0.05, 0) is 80.0 Å². The molecule has 4 aliphatic carbocycles. The summed E-state index contributed by atoms with van der Waals surface area (Å²) >= 11 is 0. The molecule has 4 aliphatic rings. The quantitative estimate of drug-likeness (QED) is 0.713. The van der Waals surface area contributed by atoms with Crippen molar-refractivity contribution in [1.82, 2.24) is 0 Å². The predicted molar refractivity (Wildman–Crippen MR) is 92.8 cm³/mol. The fourth-order valence-electron chi connectivity index (χ4n) is 7.48. The van der Waals surface area contributed by atoms with Crippen LogP contribution < -0.4 is 0 Å². The van der Waals surface area contributed by atoms with Crippen LogP contribution in [0.5, 0.6) is 0 Å². The Morgan fingerprint density at radius 2 is 1.91 bits per heavy atom. The highest BCUT2D eigenvalue weighted by Gasteiger charge is 2.61. The molecular weight excluding hydrogens is 284 g/mol. The molecule has 0 heterocycles. The maximum atomic E-state index is 10.5. The fourth-order valence-corrected chi connectivity index (χ4v) is 7.48. The van der Waals surface area contributed by atoms with E-state index in [1.165, 1.54) is 37.7 Å². The van der Waals surface area contributed by atoms with E-state index < -0.39 is 0 Å². The summed E-state index contributed by atoms with van der Waals surface area (Å²) < 4.78 is 0. The van der Waals surface area contributed by atoms with Crippen molar-refractivity contribution < 1.29 is 10.2 Å². The lowest BCUT2D eigenvalue weighted by Gasteiger charge is -2.61. The van der Waals surface area contributed by atoms with Gasteiger partial charge in [0.2, 0.25) is 0 Å². The molecule has 0 saturated heterocycles. The van der Waals surface area contributed by atoms with Crippen LogP contribution in [0.1, 0.15) is 65.7 Å². The van der Waals surface area contributed by atoms with E-state index in [2.05, 4.69) is 26.8 Å². The van der Waals surface area contributed by atoms with E-state index in [0.717, 1.165) is 30.6 Å². The first-order chi connectivity index (χ1) is 10.9. The van der Waals surface area contributed by atoms with Crippen molar-refractivity contribution >= 4 is 0 Å². The molecule has 0 aromatic carbocycles. The number of aliphatic hydroxyl groups is 2. The molecular formula is C21H34O2. The van der Waals surface area contributed by atoms with Crippen LogP contribution in [0.15, 0.2) is 11.6 Å². The number of rotatable bonds is 1. The lowest BCUT2D eigenvalue weighted by atomic mass is 9.44. The Morgan fingerprint density at radius 3 is 2.65 bits per heavy atom. The smallest absolute Gasteiger partial charge is 0.0609 e. The molecule has 2 nitrogen and oxygen atoms in total. The van der Waals surface area contributed by atoms with Crippen molar-refractivity contribution in [2.45, 2.75) is 71.8 Å². The highest BCUT2D eigenvalue weighted by Crippen LogP contribution is 2.67. The van der Waals surface area contributed by atoms with Crippen LogP contribution in [0, 0.1) is 40.4 Å². The summed E-state index contributed by atoms with van der Waals surface area (Å²) in [5, 5.41) is 21.0. The summed E-state index contributed by atoms with van der Waals surface area (Å²) in [6, 6.07) is 0. The zero-order valence-electron chi connectivity index (χ0n) is 15.1. The van der Waals surface area contributed by atoms with Crippen molar-refractivity contribution in [1.29, 1.82) is 0 Å². The molecule has 0 aromatic heterocycles. The van der Waals surface area contributed by atoms with Crippen LogP contribution in [0.2, 0.25) is 0 Å². The van der Waals surface area contributed by atoms with E-state index in [0.29, 0.717) is 11.3 Å². The Morgan fingerprint density at radius 1 is 1.13 bits per heavy atom. The summed E-state index contributed by atoms with van der Waals surface area (Å²) in [7, 11) is 0. The van der Waals surface area contributed by atoms with Gasteiger partial charge in [-0.3, -0.25) is 0 Å². The van der Waals surface area contributed by atoms with Crippen LogP contribution in [-0.2, 0) is 0 Å². The van der Waals surface area contributed by atoms with Gasteiger partial charge in [0.25, 0.3) is 0 Å². The molecule has 4 rings (SSSR count). The highest BCUT2D eigenvalue weighted by molar-refractivity contribution is 5.27. The molecule has 8 atom stereocenters. The van der Waals surface area contributed by atoms with Crippen LogP contribution in [0.3, 0.4) is 0 Å². The van der Waals surface area contributed by atoms with Gasteiger partial charge < -0.3 is 10.2 Å². The molecule has 0 aromatic rings. The largest absolute Gasteiger partial charge is 0.395 e. The first-order valence-electron chi connectivity index (χ1n) is 9.93. The molecule has 3 fully saturated rings. The fraction of sp³-hybridized carbons (Fsp3) is 0.905. The Hall–Kier alpha value is -0.340. The lowest BCUT2D eigenvalue weighted by Crippen LogP contribution is -2.57. The summed E-state index contributed by atoms with van der Waals surface area (Å²) in [6.45, 7) is 7.43. The highest BCUT2D eigenvalue weighted by atomic mass is 16.3. The normalized spacial score (nSPS) is 55.6. The Labute approximate surface area is 141 Å². The standard InChI is InChI=1S/C21H34O2/c1-13-4-8-17-16-7-5-15-6-9-19(23)14(2)21(15,12-22)18(16)10-11-20(13,17)3/h6,13-14,16-19,22-23H,4-5,7-12H2,1-3H3/t13?,14?,16-,17-,18+,19?,20+,21-/m0/s1. The van der Waals surface area contributed by atoms with E-state index in [1.54, 1.807) is 0 Å². The molecule has 3 unspecified atom stereocenters. The first-order valence-corrected chi connectivity index (χ1v) is 9.93. The molecule has 0 bridgehead atoms.